The largest absolute Gasteiger partial charge is 0.369 e. The van der Waals surface area contributed by atoms with Crippen molar-refractivity contribution in [1.82, 2.24) is 0 Å². The van der Waals surface area contributed by atoms with Crippen LogP contribution in [-0.4, -0.2) is 18.0 Å². The van der Waals surface area contributed by atoms with E-state index in [-0.39, 0.29) is 5.54 Å². The summed E-state index contributed by atoms with van der Waals surface area (Å²) < 4.78 is 1.08. The van der Waals surface area contributed by atoms with E-state index < -0.39 is 0 Å². The molecule has 1 aromatic carbocycles. The summed E-state index contributed by atoms with van der Waals surface area (Å²) in [4.78, 5) is 6.77. The van der Waals surface area contributed by atoms with Gasteiger partial charge in [0.2, 0.25) is 0 Å². The van der Waals surface area contributed by atoms with Crippen molar-refractivity contribution < 1.29 is 0 Å². The Morgan fingerprint density at radius 2 is 1.89 bits per heavy atom. The molecule has 2 rings (SSSR count). The van der Waals surface area contributed by atoms with Crippen LogP contribution in [0.15, 0.2) is 33.7 Å². The molecule has 0 bridgehead atoms. The molecule has 19 heavy (non-hydrogen) atoms. The Hall–Kier alpha value is -1.03. The van der Waals surface area contributed by atoms with Gasteiger partial charge < -0.3 is 10.6 Å². The second-order valence-electron chi connectivity index (χ2n) is 5.19. The van der Waals surface area contributed by atoms with Crippen LogP contribution in [0.5, 0.6) is 0 Å². The van der Waals surface area contributed by atoms with Crippen molar-refractivity contribution in [3.05, 3.63) is 28.7 Å². The summed E-state index contributed by atoms with van der Waals surface area (Å²) in [6.07, 6.45) is 4.52. The summed E-state index contributed by atoms with van der Waals surface area (Å²) in [5, 5.41) is 0. The van der Waals surface area contributed by atoms with Crippen molar-refractivity contribution in [2.45, 2.75) is 45.1 Å². The average molecular weight is 324 g/mol. The fourth-order valence-electron chi connectivity index (χ4n) is 3.06. The maximum Gasteiger partial charge on any atom is 0.196 e. The van der Waals surface area contributed by atoms with E-state index in [1.165, 1.54) is 0 Å². The van der Waals surface area contributed by atoms with Crippen LogP contribution in [0.4, 0.5) is 5.69 Å². The monoisotopic (exact) mass is 323 g/mol. The number of hydrogen-bond acceptors (Lipinski definition) is 3. The maximum absolute atomic E-state index is 6.17. The molecule has 3 nitrogen and oxygen atoms in total. The number of anilines is 1. The molecule has 104 valence electrons. The normalized spacial score (nSPS) is 17.6. The molecule has 0 aromatic heterocycles. The van der Waals surface area contributed by atoms with E-state index in [9.17, 15) is 0 Å². The highest BCUT2D eigenvalue weighted by Crippen LogP contribution is 2.39. The van der Waals surface area contributed by atoms with Gasteiger partial charge in [0, 0.05) is 4.47 Å². The van der Waals surface area contributed by atoms with Crippen LogP contribution in [-0.2, 0) is 0 Å². The van der Waals surface area contributed by atoms with Crippen molar-refractivity contribution >= 4 is 27.6 Å². The van der Waals surface area contributed by atoms with Crippen molar-refractivity contribution in [2.24, 2.45) is 10.7 Å². The molecule has 0 amide bonds. The number of hydrogen-bond donors (Lipinski definition) is 1. The minimum atomic E-state index is 0.0530. The van der Waals surface area contributed by atoms with Gasteiger partial charge in [-0.25, -0.2) is 0 Å². The zero-order chi connectivity index (χ0) is 13.9. The highest BCUT2D eigenvalue weighted by atomic mass is 79.9. The van der Waals surface area contributed by atoms with E-state index in [4.69, 9.17) is 5.73 Å². The number of nitrogens with two attached hydrogens (primary N) is 1. The van der Waals surface area contributed by atoms with E-state index in [1.54, 1.807) is 0 Å². The number of benzene rings is 1. The van der Waals surface area contributed by atoms with Crippen molar-refractivity contribution in [3.63, 3.8) is 0 Å². The van der Waals surface area contributed by atoms with Crippen LogP contribution in [0.25, 0.3) is 0 Å². The quantitative estimate of drug-likeness (QED) is 0.892. The molecule has 1 aromatic rings. The summed E-state index contributed by atoms with van der Waals surface area (Å²) in [6.45, 7) is 5.26. The maximum atomic E-state index is 6.17. The highest BCUT2D eigenvalue weighted by molar-refractivity contribution is 9.10. The second kappa shape index (κ2) is 5.95. The van der Waals surface area contributed by atoms with Crippen LogP contribution in [0, 0.1) is 0 Å². The number of nitrogens with zero attached hydrogens (tertiary/aromatic N) is 2. The number of guanidine groups is 1. The summed E-state index contributed by atoms with van der Waals surface area (Å²) >= 11 is 3.64. The van der Waals surface area contributed by atoms with Gasteiger partial charge in [0.15, 0.2) is 5.96 Å². The standard InChI is InChI=1S/C15H22BrN3/c1-3-9-15(10-4-2)11-18-14(17)19(15)13-8-6-5-7-12(13)16/h5-8H,3-4,9-11H2,1-2H3,(H2,17,18). The van der Waals surface area contributed by atoms with Crippen molar-refractivity contribution in [1.29, 1.82) is 0 Å². The Morgan fingerprint density at radius 3 is 2.47 bits per heavy atom. The molecule has 0 saturated heterocycles. The Balaban J connectivity index is 2.43. The molecule has 0 atom stereocenters. The SMILES string of the molecule is CCCC1(CCC)CN=C(N)N1c1ccccc1Br. The first-order valence-corrected chi connectivity index (χ1v) is 7.78. The number of halogens is 1. The van der Waals surface area contributed by atoms with Crippen molar-refractivity contribution in [3.8, 4) is 0 Å². The summed E-state index contributed by atoms with van der Waals surface area (Å²) in [5.41, 5.74) is 7.35. The second-order valence-corrected chi connectivity index (χ2v) is 6.04. The summed E-state index contributed by atoms with van der Waals surface area (Å²) in [6, 6.07) is 8.24. The van der Waals surface area contributed by atoms with Crippen LogP contribution in [0.1, 0.15) is 39.5 Å². The lowest BCUT2D eigenvalue weighted by molar-refractivity contribution is 0.384. The van der Waals surface area contributed by atoms with E-state index in [1.807, 2.05) is 12.1 Å². The zero-order valence-corrected chi connectivity index (χ0v) is 13.3. The van der Waals surface area contributed by atoms with Crippen molar-refractivity contribution in [2.75, 3.05) is 11.4 Å². The van der Waals surface area contributed by atoms with E-state index in [2.05, 4.69) is 51.8 Å². The van der Waals surface area contributed by atoms with Gasteiger partial charge in [-0.1, -0.05) is 38.8 Å². The lowest BCUT2D eigenvalue weighted by Crippen LogP contribution is -2.52. The number of para-hydroxylation sites is 1. The molecule has 0 spiro atoms. The fraction of sp³-hybridized carbons (Fsp3) is 0.533. The minimum absolute atomic E-state index is 0.0530. The first-order valence-electron chi connectivity index (χ1n) is 6.99. The molecule has 0 fully saturated rings. The molecule has 0 aliphatic carbocycles. The highest BCUT2D eigenvalue weighted by Gasteiger charge is 2.42. The molecular weight excluding hydrogens is 302 g/mol. The first-order chi connectivity index (χ1) is 9.14. The molecule has 4 heteroatoms. The van der Waals surface area contributed by atoms with E-state index in [0.29, 0.717) is 5.96 Å². The Morgan fingerprint density at radius 1 is 1.26 bits per heavy atom. The predicted octanol–water partition coefficient (Wildman–Crippen LogP) is 3.92. The van der Waals surface area contributed by atoms with E-state index in [0.717, 1.165) is 42.4 Å². The predicted molar refractivity (Wildman–Crippen MR) is 85.7 cm³/mol. The Bertz CT molecular complexity index is 464. The average Bonchev–Trinajstić information content (AvgIpc) is 2.69. The lowest BCUT2D eigenvalue weighted by Gasteiger charge is -2.39. The fourth-order valence-corrected chi connectivity index (χ4v) is 3.52. The number of rotatable bonds is 5. The van der Waals surface area contributed by atoms with Gasteiger partial charge in [-0.3, -0.25) is 4.99 Å². The van der Waals surface area contributed by atoms with Gasteiger partial charge in [0.1, 0.15) is 0 Å². The lowest BCUT2D eigenvalue weighted by atomic mass is 9.87. The third kappa shape index (κ3) is 2.64. The van der Waals surface area contributed by atoms with Crippen LogP contribution in [0.2, 0.25) is 0 Å². The first kappa shape index (κ1) is 14.4. The van der Waals surface area contributed by atoms with Gasteiger partial charge in [0.05, 0.1) is 17.8 Å². The molecule has 1 heterocycles. The molecule has 1 aliphatic heterocycles. The Labute approximate surface area is 124 Å². The Kier molecular flexibility index (Phi) is 4.50. The van der Waals surface area contributed by atoms with Crippen LogP contribution < -0.4 is 10.6 Å². The topological polar surface area (TPSA) is 41.6 Å². The molecule has 1 aliphatic rings. The van der Waals surface area contributed by atoms with Crippen LogP contribution in [0.3, 0.4) is 0 Å². The minimum Gasteiger partial charge on any atom is -0.369 e. The molecular formula is C15H22BrN3. The zero-order valence-electron chi connectivity index (χ0n) is 11.7. The van der Waals surface area contributed by atoms with Crippen LogP contribution >= 0.6 is 15.9 Å². The van der Waals surface area contributed by atoms with Gasteiger partial charge in [-0.05, 0) is 40.9 Å². The third-order valence-corrected chi connectivity index (χ3v) is 4.43. The summed E-state index contributed by atoms with van der Waals surface area (Å²) in [5.74, 6) is 0.647. The van der Waals surface area contributed by atoms with Gasteiger partial charge >= 0.3 is 0 Å². The van der Waals surface area contributed by atoms with Gasteiger partial charge in [-0.2, -0.15) is 0 Å². The number of aliphatic imine (C=N–C) groups is 1. The van der Waals surface area contributed by atoms with E-state index >= 15 is 0 Å². The molecule has 0 radical (unpaired) electrons. The molecule has 0 saturated carbocycles. The summed E-state index contributed by atoms with van der Waals surface area (Å²) in [7, 11) is 0. The smallest absolute Gasteiger partial charge is 0.196 e. The van der Waals surface area contributed by atoms with Gasteiger partial charge in [0.25, 0.3) is 0 Å². The molecule has 2 N–H and O–H groups in total. The van der Waals surface area contributed by atoms with Gasteiger partial charge in [-0.15, -0.1) is 0 Å². The third-order valence-electron chi connectivity index (χ3n) is 3.76. The molecule has 0 unspecified atom stereocenters.